The monoisotopic (exact) mass is 234 g/mol. The van der Waals surface area contributed by atoms with Crippen molar-refractivity contribution >= 4 is 0 Å². The van der Waals surface area contributed by atoms with Crippen LogP contribution in [0.4, 0.5) is 0 Å². The number of rotatable bonds is 1. The van der Waals surface area contributed by atoms with Gasteiger partial charge in [0.25, 0.3) is 5.56 Å². The third-order valence-corrected chi connectivity index (χ3v) is 3.10. The van der Waals surface area contributed by atoms with E-state index >= 15 is 0 Å². The molecule has 1 aromatic heterocycles. The summed E-state index contributed by atoms with van der Waals surface area (Å²) >= 11 is 0. The summed E-state index contributed by atoms with van der Waals surface area (Å²) in [6.07, 6.45) is 3.25. The molecule has 0 spiro atoms. The molecule has 6 heteroatoms. The van der Waals surface area contributed by atoms with Gasteiger partial charge in [0.05, 0.1) is 6.04 Å². The predicted molar refractivity (Wildman–Crippen MR) is 61.8 cm³/mol. The highest BCUT2D eigenvalue weighted by Crippen LogP contribution is 2.13. The highest BCUT2D eigenvalue weighted by atomic mass is 16.2. The fourth-order valence-corrected chi connectivity index (χ4v) is 2.10. The Hall–Kier alpha value is -1.87. The van der Waals surface area contributed by atoms with Crippen LogP contribution in [0, 0.1) is 11.3 Å². The molecule has 90 valence electrons. The molecule has 1 aliphatic rings. The quantitative estimate of drug-likeness (QED) is 0.699. The van der Waals surface area contributed by atoms with Gasteiger partial charge in [0.2, 0.25) is 0 Å². The van der Waals surface area contributed by atoms with Crippen molar-refractivity contribution in [3.8, 4) is 6.07 Å². The summed E-state index contributed by atoms with van der Waals surface area (Å²) in [7, 11) is 1.40. The topological polar surface area (TPSA) is 79.8 Å². The molecule has 0 aliphatic carbocycles. The first-order valence-corrected chi connectivity index (χ1v) is 5.58. The summed E-state index contributed by atoms with van der Waals surface area (Å²) in [5.74, 6) is 0. The van der Waals surface area contributed by atoms with Gasteiger partial charge in [0.1, 0.15) is 11.6 Å². The van der Waals surface area contributed by atoms with E-state index in [2.05, 4.69) is 5.32 Å². The molecule has 0 radical (unpaired) electrons. The molecule has 17 heavy (non-hydrogen) atoms. The molecule has 2 rings (SSSR count). The summed E-state index contributed by atoms with van der Waals surface area (Å²) in [4.78, 5) is 23.5. The minimum atomic E-state index is -0.530. The zero-order valence-corrected chi connectivity index (χ0v) is 9.64. The Morgan fingerprint density at radius 1 is 1.53 bits per heavy atom. The van der Waals surface area contributed by atoms with Gasteiger partial charge in [-0.2, -0.15) is 5.26 Å². The lowest BCUT2D eigenvalue weighted by molar-refractivity contribution is 0.354. The van der Waals surface area contributed by atoms with Gasteiger partial charge in [-0.25, -0.2) is 4.79 Å². The van der Waals surface area contributed by atoms with Crippen LogP contribution < -0.4 is 16.6 Å². The third-order valence-electron chi connectivity index (χ3n) is 3.10. The fraction of sp³-hybridized carbons (Fsp3) is 0.545. The molecule has 1 aromatic rings. The second-order valence-electron chi connectivity index (χ2n) is 4.21. The summed E-state index contributed by atoms with van der Waals surface area (Å²) in [5.41, 5.74) is -0.877. The first-order valence-electron chi connectivity index (χ1n) is 5.58. The van der Waals surface area contributed by atoms with Crippen LogP contribution in [0.3, 0.4) is 0 Å². The van der Waals surface area contributed by atoms with Crippen LogP contribution in [0.5, 0.6) is 0 Å². The maximum absolute atomic E-state index is 11.9. The lowest BCUT2D eigenvalue weighted by atomic mass is 10.1. The number of piperidine rings is 1. The minimum absolute atomic E-state index is 0.0117. The van der Waals surface area contributed by atoms with E-state index in [4.69, 9.17) is 5.26 Å². The molecule has 0 amide bonds. The van der Waals surface area contributed by atoms with Crippen LogP contribution in [-0.2, 0) is 7.05 Å². The minimum Gasteiger partial charge on any atom is -0.315 e. The van der Waals surface area contributed by atoms with Crippen LogP contribution in [0.2, 0.25) is 0 Å². The molecule has 1 N–H and O–H groups in total. The zero-order chi connectivity index (χ0) is 12.4. The van der Waals surface area contributed by atoms with Crippen molar-refractivity contribution in [1.82, 2.24) is 14.5 Å². The normalized spacial score (nSPS) is 19.9. The van der Waals surface area contributed by atoms with Gasteiger partial charge in [-0.3, -0.25) is 13.9 Å². The maximum Gasteiger partial charge on any atom is 0.331 e. The van der Waals surface area contributed by atoms with Gasteiger partial charge in [-0.05, 0) is 19.4 Å². The van der Waals surface area contributed by atoms with E-state index in [0.717, 1.165) is 24.0 Å². The van der Waals surface area contributed by atoms with E-state index < -0.39 is 5.56 Å². The SMILES string of the molecule is Cn1c(=O)c(C#N)cn([C@H]2CCCNC2)c1=O. The number of hydrogen-bond donors (Lipinski definition) is 1. The highest BCUT2D eigenvalue weighted by Gasteiger charge is 2.18. The van der Waals surface area contributed by atoms with Gasteiger partial charge in [-0.15, -0.1) is 0 Å². The predicted octanol–water partition coefficient (Wildman–Crippen LogP) is -0.657. The average molecular weight is 234 g/mol. The fourth-order valence-electron chi connectivity index (χ4n) is 2.10. The molecular formula is C11H14N4O2. The summed E-state index contributed by atoms with van der Waals surface area (Å²) < 4.78 is 2.49. The van der Waals surface area contributed by atoms with Crippen LogP contribution in [0.25, 0.3) is 0 Å². The number of nitrogens with one attached hydrogen (secondary N) is 1. The second kappa shape index (κ2) is 4.55. The maximum atomic E-state index is 11.9. The third kappa shape index (κ3) is 2.01. The Balaban J connectivity index is 2.54. The van der Waals surface area contributed by atoms with Crippen molar-refractivity contribution in [3.63, 3.8) is 0 Å². The van der Waals surface area contributed by atoms with E-state index in [1.807, 2.05) is 6.07 Å². The zero-order valence-electron chi connectivity index (χ0n) is 9.64. The molecule has 0 unspecified atom stereocenters. The lowest BCUT2D eigenvalue weighted by Crippen LogP contribution is -2.44. The number of nitrogens with zero attached hydrogens (tertiary/aromatic N) is 3. The Morgan fingerprint density at radius 3 is 2.88 bits per heavy atom. The van der Waals surface area contributed by atoms with Gasteiger partial charge < -0.3 is 5.32 Å². The first-order chi connectivity index (χ1) is 8.15. The molecule has 1 fully saturated rings. The van der Waals surface area contributed by atoms with Crippen molar-refractivity contribution in [2.45, 2.75) is 18.9 Å². The average Bonchev–Trinajstić information content (AvgIpc) is 2.37. The van der Waals surface area contributed by atoms with Crippen LogP contribution in [0.15, 0.2) is 15.8 Å². The van der Waals surface area contributed by atoms with Gasteiger partial charge in [0.15, 0.2) is 0 Å². The summed E-state index contributed by atoms with van der Waals surface area (Å²) in [6.45, 7) is 1.64. The standard InChI is InChI=1S/C11H14N4O2/c1-14-10(16)8(5-12)7-15(11(14)17)9-3-2-4-13-6-9/h7,9,13H,2-4,6H2,1H3/t9-/m0/s1. The van der Waals surface area contributed by atoms with Gasteiger partial charge in [0, 0.05) is 19.8 Å². The molecule has 0 saturated carbocycles. The Labute approximate surface area is 98.1 Å². The van der Waals surface area contributed by atoms with E-state index in [-0.39, 0.29) is 17.3 Å². The van der Waals surface area contributed by atoms with Gasteiger partial charge >= 0.3 is 5.69 Å². The number of aromatic nitrogens is 2. The molecule has 1 aliphatic heterocycles. The summed E-state index contributed by atoms with van der Waals surface area (Å²) in [5, 5.41) is 12.1. The molecule has 1 saturated heterocycles. The van der Waals surface area contributed by atoms with Crippen LogP contribution in [0.1, 0.15) is 24.4 Å². The molecular weight excluding hydrogens is 220 g/mol. The van der Waals surface area contributed by atoms with Crippen LogP contribution >= 0.6 is 0 Å². The number of nitriles is 1. The smallest absolute Gasteiger partial charge is 0.315 e. The van der Waals surface area contributed by atoms with Crippen molar-refractivity contribution in [2.24, 2.45) is 7.05 Å². The second-order valence-corrected chi connectivity index (χ2v) is 4.21. The Bertz CT molecular complexity index is 573. The van der Waals surface area contributed by atoms with Crippen molar-refractivity contribution in [1.29, 1.82) is 5.26 Å². The Morgan fingerprint density at radius 2 is 2.29 bits per heavy atom. The largest absolute Gasteiger partial charge is 0.331 e. The lowest BCUT2D eigenvalue weighted by Gasteiger charge is -2.25. The molecule has 2 heterocycles. The highest BCUT2D eigenvalue weighted by molar-refractivity contribution is 5.22. The Kier molecular flexibility index (Phi) is 3.11. The molecule has 0 aromatic carbocycles. The molecule has 1 atom stereocenters. The number of hydrogen-bond acceptors (Lipinski definition) is 4. The molecule has 0 bridgehead atoms. The van der Waals surface area contributed by atoms with E-state index in [1.165, 1.54) is 17.8 Å². The van der Waals surface area contributed by atoms with Crippen molar-refractivity contribution in [3.05, 3.63) is 32.6 Å². The summed E-state index contributed by atoms with van der Waals surface area (Å²) in [6, 6.07) is 1.85. The van der Waals surface area contributed by atoms with E-state index in [9.17, 15) is 9.59 Å². The first kappa shape index (κ1) is 11.6. The molecule has 6 nitrogen and oxygen atoms in total. The van der Waals surface area contributed by atoms with Crippen LogP contribution in [-0.4, -0.2) is 22.2 Å². The van der Waals surface area contributed by atoms with Gasteiger partial charge in [-0.1, -0.05) is 0 Å². The van der Waals surface area contributed by atoms with E-state index in [1.54, 1.807) is 0 Å². The van der Waals surface area contributed by atoms with Crippen molar-refractivity contribution < 1.29 is 0 Å². The van der Waals surface area contributed by atoms with Crippen molar-refractivity contribution in [2.75, 3.05) is 13.1 Å². The van der Waals surface area contributed by atoms with E-state index in [0.29, 0.717) is 6.54 Å².